The van der Waals surface area contributed by atoms with E-state index in [0.717, 1.165) is 30.6 Å². The molecule has 1 aliphatic carbocycles. The molecular formula is C18H24N2O2. The van der Waals surface area contributed by atoms with Crippen molar-refractivity contribution < 1.29 is 9.84 Å². The monoisotopic (exact) mass is 300 g/mol. The summed E-state index contributed by atoms with van der Waals surface area (Å²) in [6.45, 7) is 2.52. The Morgan fingerprint density at radius 1 is 1.36 bits per heavy atom. The fourth-order valence-corrected chi connectivity index (χ4v) is 3.18. The summed E-state index contributed by atoms with van der Waals surface area (Å²) >= 11 is 0. The first-order valence-corrected chi connectivity index (χ1v) is 7.85. The van der Waals surface area contributed by atoms with E-state index < -0.39 is 6.23 Å². The minimum absolute atomic E-state index is 0.0172. The fraction of sp³-hybridized carbons (Fsp3) is 0.444. The van der Waals surface area contributed by atoms with Gasteiger partial charge in [-0.05, 0) is 36.2 Å². The Labute approximate surface area is 131 Å². The van der Waals surface area contributed by atoms with Crippen LogP contribution < -0.4 is 5.73 Å². The highest BCUT2D eigenvalue weighted by Crippen LogP contribution is 2.36. The number of aliphatic hydroxyl groups excluding tert-OH is 1. The van der Waals surface area contributed by atoms with Gasteiger partial charge >= 0.3 is 0 Å². The number of aliphatic hydroxyl groups is 1. The molecule has 0 spiro atoms. The molecule has 3 rings (SSSR count). The first-order valence-electron chi connectivity index (χ1n) is 7.85. The number of likely N-dealkylation sites (N-methyl/N-ethyl adjacent to an activating group) is 1. The Morgan fingerprint density at radius 2 is 2.23 bits per heavy atom. The van der Waals surface area contributed by atoms with Gasteiger partial charge in [0.05, 0.1) is 12.7 Å². The molecule has 1 aromatic carbocycles. The molecule has 3 unspecified atom stereocenters. The molecule has 0 amide bonds. The average molecular weight is 300 g/mol. The maximum atomic E-state index is 9.70. The number of nitrogens with zero attached hydrogens (tertiary/aromatic N) is 1. The van der Waals surface area contributed by atoms with Gasteiger partial charge in [-0.2, -0.15) is 0 Å². The van der Waals surface area contributed by atoms with Gasteiger partial charge in [-0.15, -0.1) is 0 Å². The number of nitrogens with two attached hydrogens (primary N) is 1. The van der Waals surface area contributed by atoms with Gasteiger partial charge < -0.3 is 15.6 Å². The smallest absolute Gasteiger partial charge is 0.128 e. The first-order chi connectivity index (χ1) is 10.6. The Balaban J connectivity index is 2.00. The van der Waals surface area contributed by atoms with Crippen LogP contribution in [0.15, 0.2) is 42.5 Å². The van der Waals surface area contributed by atoms with Crippen LogP contribution in [0, 0.1) is 5.92 Å². The zero-order valence-electron chi connectivity index (χ0n) is 13.0. The van der Waals surface area contributed by atoms with Gasteiger partial charge in [-0.3, -0.25) is 4.90 Å². The lowest BCUT2D eigenvalue weighted by Gasteiger charge is -2.32. The molecule has 0 saturated heterocycles. The molecule has 4 heteroatoms. The number of hydrogen-bond donors (Lipinski definition) is 2. The number of hydrogen-bond acceptors (Lipinski definition) is 4. The van der Waals surface area contributed by atoms with Crippen LogP contribution in [-0.4, -0.2) is 30.2 Å². The van der Waals surface area contributed by atoms with Crippen molar-refractivity contribution in [3.05, 3.63) is 59.2 Å². The number of ether oxygens (including phenoxy) is 1. The van der Waals surface area contributed by atoms with Crippen molar-refractivity contribution in [1.82, 2.24) is 4.90 Å². The van der Waals surface area contributed by atoms with Gasteiger partial charge in [0.25, 0.3) is 0 Å². The molecule has 3 N–H and O–H groups in total. The van der Waals surface area contributed by atoms with Crippen LogP contribution in [0.3, 0.4) is 0 Å². The summed E-state index contributed by atoms with van der Waals surface area (Å²) in [6.07, 6.45) is 8.61. The van der Waals surface area contributed by atoms with E-state index in [2.05, 4.69) is 42.3 Å². The molecule has 118 valence electrons. The highest BCUT2D eigenvalue weighted by Gasteiger charge is 2.27. The SMILES string of the molecule is CN1CCOC(C2C=CC=CC2)c2cc(C(N)O)ccc2C1. The van der Waals surface area contributed by atoms with Crippen LogP contribution in [0.5, 0.6) is 0 Å². The van der Waals surface area contributed by atoms with Crippen LogP contribution in [-0.2, 0) is 11.3 Å². The van der Waals surface area contributed by atoms with Crippen molar-refractivity contribution in [1.29, 1.82) is 0 Å². The van der Waals surface area contributed by atoms with E-state index in [-0.39, 0.29) is 6.10 Å². The first kappa shape index (κ1) is 15.4. The summed E-state index contributed by atoms with van der Waals surface area (Å²) in [5.74, 6) is 0.331. The molecule has 0 fully saturated rings. The zero-order valence-corrected chi connectivity index (χ0v) is 13.0. The van der Waals surface area contributed by atoms with E-state index >= 15 is 0 Å². The Morgan fingerprint density at radius 3 is 2.95 bits per heavy atom. The molecule has 1 aromatic rings. The molecule has 0 radical (unpaired) electrons. The lowest BCUT2D eigenvalue weighted by molar-refractivity contribution is 0.00714. The maximum Gasteiger partial charge on any atom is 0.128 e. The van der Waals surface area contributed by atoms with Crippen molar-refractivity contribution in [3.8, 4) is 0 Å². The third-order valence-corrected chi connectivity index (χ3v) is 4.43. The fourth-order valence-electron chi connectivity index (χ4n) is 3.18. The summed E-state index contributed by atoms with van der Waals surface area (Å²) in [5.41, 5.74) is 8.79. The molecule has 2 aliphatic rings. The largest absolute Gasteiger partial charge is 0.375 e. The third-order valence-electron chi connectivity index (χ3n) is 4.43. The predicted molar refractivity (Wildman–Crippen MR) is 87.0 cm³/mol. The van der Waals surface area contributed by atoms with E-state index in [1.807, 2.05) is 12.1 Å². The van der Waals surface area contributed by atoms with Crippen molar-refractivity contribution >= 4 is 0 Å². The van der Waals surface area contributed by atoms with Gasteiger partial charge in [-0.1, -0.05) is 36.4 Å². The summed E-state index contributed by atoms with van der Waals surface area (Å²) in [5, 5.41) is 9.70. The maximum absolute atomic E-state index is 9.70. The third kappa shape index (κ3) is 3.31. The predicted octanol–water partition coefficient (Wildman–Crippen LogP) is 2.27. The zero-order chi connectivity index (χ0) is 15.5. The molecule has 1 heterocycles. The second kappa shape index (κ2) is 6.75. The van der Waals surface area contributed by atoms with Gasteiger partial charge in [0, 0.05) is 19.0 Å². The van der Waals surface area contributed by atoms with E-state index in [1.54, 1.807) is 0 Å². The molecule has 0 saturated carbocycles. The van der Waals surface area contributed by atoms with E-state index in [9.17, 15) is 5.11 Å². The van der Waals surface area contributed by atoms with E-state index in [1.165, 1.54) is 5.56 Å². The molecule has 0 bridgehead atoms. The number of rotatable bonds is 2. The summed E-state index contributed by atoms with van der Waals surface area (Å²) in [7, 11) is 2.10. The van der Waals surface area contributed by atoms with Crippen LogP contribution >= 0.6 is 0 Å². The van der Waals surface area contributed by atoms with Crippen LogP contribution in [0.25, 0.3) is 0 Å². The standard InChI is InChI=1S/C18H24N2O2/c1-20-9-10-22-17(13-5-3-2-4-6-13)16-11-14(18(19)21)7-8-15(16)12-20/h2-5,7-8,11,13,17-18,21H,6,9-10,12,19H2,1H3. The van der Waals surface area contributed by atoms with Gasteiger partial charge in [0.15, 0.2) is 0 Å². The Bertz CT molecular complexity index is 580. The quantitative estimate of drug-likeness (QED) is 0.823. The second-order valence-corrected chi connectivity index (χ2v) is 6.14. The molecule has 4 nitrogen and oxygen atoms in total. The van der Waals surface area contributed by atoms with Crippen molar-refractivity contribution in [2.24, 2.45) is 11.7 Å². The van der Waals surface area contributed by atoms with Crippen molar-refractivity contribution in [3.63, 3.8) is 0 Å². The van der Waals surface area contributed by atoms with Crippen molar-refractivity contribution in [2.75, 3.05) is 20.2 Å². The topological polar surface area (TPSA) is 58.7 Å². The molecular weight excluding hydrogens is 276 g/mol. The average Bonchev–Trinajstić information content (AvgIpc) is 2.51. The van der Waals surface area contributed by atoms with E-state index in [4.69, 9.17) is 10.5 Å². The lowest BCUT2D eigenvalue weighted by atomic mass is 9.86. The lowest BCUT2D eigenvalue weighted by Crippen LogP contribution is -2.30. The molecule has 1 aliphatic heterocycles. The molecule has 0 aromatic heterocycles. The van der Waals surface area contributed by atoms with Gasteiger partial charge in [0.1, 0.15) is 6.23 Å². The van der Waals surface area contributed by atoms with Crippen LogP contribution in [0.1, 0.15) is 35.4 Å². The summed E-state index contributed by atoms with van der Waals surface area (Å²) in [6, 6.07) is 5.99. The Hall–Kier alpha value is -1.46. The second-order valence-electron chi connectivity index (χ2n) is 6.14. The summed E-state index contributed by atoms with van der Waals surface area (Å²) in [4.78, 5) is 2.25. The van der Waals surface area contributed by atoms with E-state index in [0.29, 0.717) is 12.5 Å². The van der Waals surface area contributed by atoms with Crippen molar-refractivity contribution in [2.45, 2.75) is 25.3 Å². The normalized spacial score (nSPS) is 27.0. The number of allylic oxidation sites excluding steroid dienone is 3. The summed E-state index contributed by atoms with van der Waals surface area (Å²) < 4.78 is 6.20. The number of benzene rings is 1. The Kier molecular flexibility index (Phi) is 4.74. The van der Waals surface area contributed by atoms with Crippen LogP contribution in [0.4, 0.5) is 0 Å². The van der Waals surface area contributed by atoms with Gasteiger partial charge in [-0.25, -0.2) is 0 Å². The number of fused-ring (bicyclic) bond motifs is 1. The highest BCUT2D eigenvalue weighted by atomic mass is 16.5. The molecule has 22 heavy (non-hydrogen) atoms. The molecule has 3 atom stereocenters. The minimum atomic E-state index is -0.948. The van der Waals surface area contributed by atoms with Crippen LogP contribution in [0.2, 0.25) is 0 Å². The highest BCUT2D eigenvalue weighted by molar-refractivity contribution is 5.36. The minimum Gasteiger partial charge on any atom is -0.375 e. The van der Waals surface area contributed by atoms with Gasteiger partial charge in [0.2, 0.25) is 0 Å².